The summed E-state index contributed by atoms with van der Waals surface area (Å²) < 4.78 is 5.15. The molecule has 1 heterocycles. The molecule has 0 saturated carbocycles. The second-order valence-corrected chi connectivity index (χ2v) is 7.03. The number of hydrogen-bond donors (Lipinski definition) is 1. The highest BCUT2D eigenvalue weighted by atomic mass is 35.5. The Morgan fingerprint density at radius 1 is 1.22 bits per heavy atom. The van der Waals surface area contributed by atoms with Crippen LogP contribution in [-0.2, 0) is 9.59 Å². The maximum absolute atomic E-state index is 12.5. The lowest BCUT2D eigenvalue weighted by atomic mass is 10.2. The van der Waals surface area contributed by atoms with Gasteiger partial charge in [0, 0.05) is 10.7 Å². The number of thioether (sulfide) groups is 1. The average Bonchev–Trinajstić information content (AvgIpc) is 2.89. The second kappa shape index (κ2) is 8.28. The molecule has 3 amide bonds. The van der Waals surface area contributed by atoms with E-state index in [4.69, 9.17) is 16.3 Å². The monoisotopic (exact) mass is 402 g/mol. The quantitative estimate of drug-likeness (QED) is 0.764. The Morgan fingerprint density at radius 3 is 2.74 bits per heavy atom. The van der Waals surface area contributed by atoms with Gasteiger partial charge < -0.3 is 10.1 Å². The molecule has 0 atom stereocenters. The third-order valence-electron chi connectivity index (χ3n) is 3.68. The number of ether oxygens (including phenoxy) is 1. The van der Waals surface area contributed by atoms with Crippen molar-refractivity contribution in [3.8, 4) is 5.75 Å². The van der Waals surface area contributed by atoms with Gasteiger partial charge in [0.15, 0.2) is 0 Å². The van der Waals surface area contributed by atoms with E-state index < -0.39 is 17.1 Å². The van der Waals surface area contributed by atoms with E-state index in [0.29, 0.717) is 16.5 Å². The summed E-state index contributed by atoms with van der Waals surface area (Å²) in [5.41, 5.74) is 1.22. The van der Waals surface area contributed by atoms with E-state index in [9.17, 15) is 14.4 Å². The van der Waals surface area contributed by atoms with Gasteiger partial charge in [0.1, 0.15) is 12.3 Å². The molecule has 0 unspecified atom stereocenters. The first-order valence-corrected chi connectivity index (χ1v) is 9.10. The van der Waals surface area contributed by atoms with Crippen LogP contribution in [-0.4, -0.2) is 35.6 Å². The molecule has 0 bridgehead atoms. The normalized spacial score (nSPS) is 15.3. The Labute approximate surface area is 165 Å². The summed E-state index contributed by atoms with van der Waals surface area (Å²) in [6, 6.07) is 13.7. The number of carbonyl (C=O) groups is 3. The fourth-order valence-electron chi connectivity index (χ4n) is 2.43. The average molecular weight is 403 g/mol. The van der Waals surface area contributed by atoms with Gasteiger partial charge >= 0.3 is 0 Å². The minimum atomic E-state index is -0.505. The van der Waals surface area contributed by atoms with E-state index in [1.54, 1.807) is 61.7 Å². The molecule has 1 aliphatic heterocycles. The fraction of sp³-hybridized carbons (Fsp3) is 0.105. The Kier molecular flexibility index (Phi) is 5.83. The number of methoxy groups -OCH3 is 1. The number of imide groups is 1. The molecule has 1 fully saturated rings. The molecule has 0 spiro atoms. The van der Waals surface area contributed by atoms with Crippen LogP contribution in [0.1, 0.15) is 5.56 Å². The molecule has 0 radical (unpaired) electrons. The molecule has 6 nitrogen and oxygen atoms in total. The van der Waals surface area contributed by atoms with Crippen molar-refractivity contribution in [2.75, 3.05) is 19.0 Å². The number of nitrogens with one attached hydrogen (secondary N) is 1. The third-order valence-corrected chi connectivity index (χ3v) is 4.82. The van der Waals surface area contributed by atoms with Crippen molar-refractivity contribution in [3.63, 3.8) is 0 Å². The van der Waals surface area contributed by atoms with Gasteiger partial charge in [0.25, 0.3) is 11.1 Å². The zero-order chi connectivity index (χ0) is 19.4. The van der Waals surface area contributed by atoms with Crippen molar-refractivity contribution in [3.05, 3.63) is 64.0 Å². The van der Waals surface area contributed by atoms with Crippen LogP contribution < -0.4 is 10.1 Å². The summed E-state index contributed by atoms with van der Waals surface area (Å²) >= 11 is 6.67. The number of halogens is 1. The molecule has 1 aliphatic rings. The van der Waals surface area contributed by atoms with Gasteiger partial charge in [-0.1, -0.05) is 29.8 Å². The Morgan fingerprint density at radius 2 is 2.00 bits per heavy atom. The minimum absolute atomic E-state index is 0.254. The predicted octanol–water partition coefficient (Wildman–Crippen LogP) is 4.02. The van der Waals surface area contributed by atoms with E-state index in [2.05, 4.69) is 5.32 Å². The van der Waals surface area contributed by atoms with Crippen LogP contribution in [0.3, 0.4) is 0 Å². The Bertz CT molecular complexity index is 945. The summed E-state index contributed by atoms with van der Waals surface area (Å²) in [7, 11) is 1.55. The number of anilines is 1. The first-order valence-electron chi connectivity index (χ1n) is 7.91. The molecule has 2 aromatic rings. The SMILES string of the molecule is COc1cccc(/C=C2/SC(=O)N(CC(=O)Nc3cccc(Cl)c3)C2=O)c1. The van der Waals surface area contributed by atoms with Gasteiger partial charge in [-0.15, -0.1) is 0 Å². The van der Waals surface area contributed by atoms with Crippen molar-refractivity contribution in [2.24, 2.45) is 0 Å². The third kappa shape index (κ3) is 4.69. The zero-order valence-corrected chi connectivity index (χ0v) is 15.8. The van der Waals surface area contributed by atoms with Gasteiger partial charge in [-0.2, -0.15) is 0 Å². The Hall–Kier alpha value is -2.77. The zero-order valence-electron chi connectivity index (χ0n) is 14.3. The van der Waals surface area contributed by atoms with Gasteiger partial charge in [0.2, 0.25) is 5.91 Å². The lowest BCUT2D eigenvalue weighted by molar-refractivity contribution is -0.127. The molecule has 1 saturated heterocycles. The number of rotatable bonds is 5. The molecule has 1 N–H and O–H groups in total. The highest BCUT2D eigenvalue weighted by molar-refractivity contribution is 8.18. The van der Waals surface area contributed by atoms with Crippen molar-refractivity contribution in [1.29, 1.82) is 0 Å². The van der Waals surface area contributed by atoms with Gasteiger partial charge in [0.05, 0.1) is 12.0 Å². The molecule has 8 heteroatoms. The largest absolute Gasteiger partial charge is 0.497 e. The lowest BCUT2D eigenvalue weighted by Crippen LogP contribution is -2.36. The van der Waals surface area contributed by atoms with E-state index in [1.807, 2.05) is 0 Å². The summed E-state index contributed by atoms with van der Waals surface area (Å²) in [5, 5.41) is 2.60. The van der Waals surface area contributed by atoms with E-state index in [-0.39, 0.29) is 11.4 Å². The number of nitrogens with zero attached hydrogens (tertiary/aromatic N) is 1. The van der Waals surface area contributed by atoms with Gasteiger partial charge in [-0.25, -0.2) is 0 Å². The molecule has 3 rings (SSSR count). The summed E-state index contributed by atoms with van der Waals surface area (Å²) in [6.45, 7) is -0.368. The van der Waals surface area contributed by atoms with E-state index >= 15 is 0 Å². The molecule has 0 aliphatic carbocycles. The smallest absolute Gasteiger partial charge is 0.294 e. The maximum Gasteiger partial charge on any atom is 0.294 e. The Balaban J connectivity index is 1.70. The number of hydrogen-bond acceptors (Lipinski definition) is 5. The minimum Gasteiger partial charge on any atom is -0.497 e. The summed E-state index contributed by atoms with van der Waals surface area (Å²) in [4.78, 5) is 38.0. The molecule has 2 aromatic carbocycles. The van der Waals surface area contributed by atoms with E-state index in [1.165, 1.54) is 0 Å². The van der Waals surface area contributed by atoms with Crippen LogP contribution in [0.2, 0.25) is 5.02 Å². The van der Waals surface area contributed by atoms with Crippen molar-refractivity contribution in [1.82, 2.24) is 4.90 Å². The molecule has 27 heavy (non-hydrogen) atoms. The number of amides is 3. The van der Waals surface area contributed by atoms with Crippen molar-refractivity contribution < 1.29 is 19.1 Å². The highest BCUT2D eigenvalue weighted by Crippen LogP contribution is 2.32. The van der Waals surface area contributed by atoms with Crippen molar-refractivity contribution >= 4 is 52.2 Å². The van der Waals surface area contributed by atoms with Crippen LogP contribution in [0.15, 0.2) is 53.4 Å². The molecular formula is C19H15ClN2O4S. The number of benzene rings is 2. The highest BCUT2D eigenvalue weighted by Gasteiger charge is 2.36. The molecular weight excluding hydrogens is 388 g/mol. The lowest BCUT2D eigenvalue weighted by Gasteiger charge is -2.12. The standard InChI is InChI=1S/C19H15ClN2O4S/c1-26-15-7-2-4-12(8-15)9-16-18(24)22(19(25)27-16)11-17(23)21-14-6-3-5-13(20)10-14/h2-10H,11H2,1H3,(H,21,23)/b16-9+. The maximum atomic E-state index is 12.5. The topological polar surface area (TPSA) is 75.7 Å². The first-order chi connectivity index (χ1) is 13.0. The predicted molar refractivity (Wildman–Crippen MR) is 106 cm³/mol. The van der Waals surface area contributed by atoms with Crippen LogP contribution in [0.25, 0.3) is 6.08 Å². The van der Waals surface area contributed by atoms with Crippen LogP contribution in [0.4, 0.5) is 10.5 Å². The summed E-state index contributed by atoms with van der Waals surface area (Å²) in [5.74, 6) is -0.347. The van der Waals surface area contributed by atoms with Crippen LogP contribution in [0.5, 0.6) is 5.75 Å². The van der Waals surface area contributed by atoms with Crippen LogP contribution in [0, 0.1) is 0 Å². The first kappa shape index (κ1) is 19.0. The van der Waals surface area contributed by atoms with Crippen molar-refractivity contribution in [2.45, 2.75) is 0 Å². The van der Waals surface area contributed by atoms with E-state index in [0.717, 1.165) is 22.2 Å². The van der Waals surface area contributed by atoms with Gasteiger partial charge in [-0.3, -0.25) is 19.3 Å². The molecule has 138 valence electrons. The summed E-state index contributed by atoms with van der Waals surface area (Å²) in [6.07, 6.45) is 1.60. The van der Waals surface area contributed by atoms with Gasteiger partial charge in [-0.05, 0) is 53.7 Å². The van der Waals surface area contributed by atoms with Crippen LogP contribution >= 0.6 is 23.4 Å². The number of carbonyl (C=O) groups excluding carboxylic acids is 3. The molecule has 0 aromatic heterocycles. The fourth-order valence-corrected chi connectivity index (χ4v) is 3.46. The second-order valence-electron chi connectivity index (χ2n) is 5.60.